The highest BCUT2D eigenvalue weighted by Crippen LogP contribution is 2.32. The Kier molecular flexibility index (Phi) is 2.67. The zero-order valence-electron chi connectivity index (χ0n) is 10.0. The molecule has 18 heavy (non-hydrogen) atoms. The minimum atomic E-state index is -0.337. The number of anilines is 2. The number of nitrogens with zero attached hydrogens (tertiary/aromatic N) is 1. The maximum Gasteiger partial charge on any atom is 0.148 e. The molecular formula is C15H15FN2. The van der Waals surface area contributed by atoms with E-state index in [1.54, 1.807) is 6.07 Å². The second-order valence-electron chi connectivity index (χ2n) is 4.72. The molecule has 0 spiro atoms. The van der Waals surface area contributed by atoms with Crippen LogP contribution in [-0.2, 0) is 0 Å². The van der Waals surface area contributed by atoms with Gasteiger partial charge in [-0.15, -0.1) is 0 Å². The Labute approximate surface area is 106 Å². The molecule has 92 valence electrons. The SMILES string of the molecule is Nc1ccc(N2CC(c3ccccc3)C2)cc1F. The second kappa shape index (κ2) is 4.33. The van der Waals surface area contributed by atoms with Crippen molar-refractivity contribution < 1.29 is 4.39 Å². The van der Waals surface area contributed by atoms with Crippen LogP contribution in [-0.4, -0.2) is 13.1 Å². The fourth-order valence-electron chi connectivity index (χ4n) is 2.34. The van der Waals surface area contributed by atoms with Crippen LogP contribution in [0.5, 0.6) is 0 Å². The highest BCUT2D eigenvalue weighted by Gasteiger charge is 2.28. The van der Waals surface area contributed by atoms with Crippen LogP contribution in [0.2, 0.25) is 0 Å². The van der Waals surface area contributed by atoms with Crippen LogP contribution in [0.25, 0.3) is 0 Å². The van der Waals surface area contributed by atoms with Crippen molar-refractivity contribution in [2.24, 2.45) is 0 Å². The average Bonchev–Trinajstić information content (AvgIpc) is 2.33. The molecule has 2 N–H and O–H groups in total. The molecular weight excluding hydrogens is 227 g/mol. The average molecular weight is 242 g/mol. The lowest BCUT2D eigenvalue weighted by Gasteiger charge is -2.41. The molecule has 0 saturated carbocycles. The molecule has 1 heterocycles. The largest absolute Gasteiger partial charge is 0.396 e. The molecule has 0 unspecified atom stereocenters. The van der Waals surface area contributed by atoms with Crippen LogP contribution < -0.4 is 10.6 Å². The van der Waals surface area contributed by atoms with E-state index in [9.17, 15) is 4.39 Å². The van der Waals surface area contributed by atoms with E-state index in [-0.39, 0.29) is 11.5 Å². The fourth-order valence-corrected chi connectivity index (χ4v) is 2.34. The monoisotopic (exact) mass is 242 g/mol. The number of nitrogen functional groups attached to an aromatic ring is 1. The van der Waals surface area contributed by atoms with Crippen LogP contribution in [0.4, 0.5) is 15.8 Å². The lowest BCUT2D eigenvalue weighted by molar-refractivity contribution is 0.523. The number of rotatable bonds is 2. The zero-order chi connectivity index (χ0) is 12.5. The smallest absolute Gasteiger partial charge is 0.148 e. The second-order valence-corrected chi connectivity index (χ2v) is 4.72. The standard InChI is InChI=1S/C15H15FN2/c16-14-8-13(6-7-15(14)17)18-9-12(10-18)11-4-2-1-3-5-11/h1-8,12H,9-10,17H2. The molecule has 3 heteroatoms. The topological polar surface area (TPSA) is 29.3 Å². The molecule has 2 nitrogen and oxygen atoms in total. The van der Waals surface area contributed by atoms with E-state index in [2.05, 4.69) is 29.2 Å². The summed E-state index contributed by atoms with van der Waals surface area (Å²) in [5.74, 6) is 0.211. The summed E-state index contributed by atoms with van der Waals surface area (Å²) < 4.78 is 13.4. The Hall–Kier alpha value is -2.03. The summed E-state index contributed by atoms with van der Waals surface area (Å²) in [6, 6.07) is 15.4. The van der Waals surface area contributed by atoms with E-state index in [0.29, 0.717) is 5.92 Å². The Morgan fingerprint density at radius 3 is 2.44 bits per heavy atom. The van der Waals surface area contributed by atoms with Gasteiger partial charge in [0.2, 0.25) is 0 Å². The van der Waals surface area contributed by atoms with Gasteiger partial charge in [0.25, 0.3) is 0 Å². The van der Waals surface area contributed by atoms with Gasteiger partial charge in [-0.25, -0.2) is 4.39 Å². The predicted molar refractivity (Wildman–Crippen MR) is 72.2 cm³/mol. The third-order valence-electron chi connectivity index (χ3n) is 3.50. The number of nitrogens with two attached hydrogens (primary N) is 1. The first-order valence-electron chi connectivity index (χ1n) is 6.09. The highest BCUT2D eigenvalue weighted by atomic mass is 19.1. The molecule has 1 saturated heterocycles. The highest BCUT2D eigenvalue weighted by molar-refractivity contribution is 5.56. The van der Waals surface area contributed by atoms with Crippen LogP contribution in [0.15, 0.2) is 48.5 Å². The first-order chi connectivity index (χ1) is 8.74. The number of hydrogen-bond donors (Lipinski definition) is 1. The molecule has 0 radical (unpaired) electrons. The molecule has 1 fully saturated rings. The van der Waals surface area contributed by atoms with Crippen molar-refractivity contribution in [2.75, 3.05) is 23.7 Å². The van der Waals surface area contributed by atoms with Crippen molar-refractivity contribution in [1.82, 2.24) is 0 Å². The van der Waals surface area contributed by atoms with E-state index in [4.69, 9.17) is 5.73 Å². The first-order valence-corrected chi connectivity index (χ1v) is 6.09. The zero-order valence-corrected chi connectivity index (χ0v) is 10.0. The summed E-state index contributed by atoms with van der Waals surface area (Å²) >= 11 is 0. The van der Waals surface area contributed by atoms with Crippen LogP contribution in [0, 0.1) is 5.82 Å². The van der Waals surface area contributed by atoms with Crippen molar-refractivity contribution >= 4 is 11.4 Å². The van der Waals surface area contributed by atoms with Gasteiger partial charge in [-0.05, 0) is 23.8 Å². The van der Waals surface area contributed by atoms with Crippen molar-refractivity contribution in [2.45, 2.75) is 5.92 Å². The van der Waals surface area contributed by atoms with Gasteiger partial charge < -0.3 is 10.6 Å². The molecule has 1 aliphatic heterocycles. The molecule has 2 aromatic rings. The van der Waals surface area contributed by atoms with Crippen LogP contribution in [0.3, 0.4) is 0 Å². The maximum absolute atomic E-state index is 13.4. The summed E-state index contributed by atoms with van der Waals surface area (Å²) in [6.07, 6.45) is 0. The van der Waals surface area contributed by atoms with Crippen molar-refractivity contribution in [3.8, 4) is 0 Å². The van der Waals surface area contributed by atoms with Gasteiger partial charge >= 0.3 is 0 Å². The molecule has 0 amide bonds. The van der Waals surface area contributed by atoms with E-state index in [0.717, 1.165) is 18.8 Å². The number of benzene rings is 2. The maximum atomic E-state index is 13.4. The predicted octanol–water partition coefficient (Wildman–Crippen LogP) is 3.01. The lowest BCUT2D eigenvalue weighted by Crippen LogP contribution is -2.45. The number of halogens is 1. The first kappa shape index (κ1) is 11.1. The summed E-state index contributed by atoms with van der Waals surface area (Å²) in [5, 5.41) is 0. The van der Waals surface area contributed by atoms with Gasteiger partial charge in [0, 0.05) is 24.7 Å². The molecule has 0 aliphatic carbocycles. The van der Waals surface area contributed by atoms with Crippen molar-refractivity contribution in [3.63, 3.8) is 0 Å². The molecule has 1 aliphatic rings. The van der Waals surface area contributed by atoms with Crippen molar-refractivity contribution in [1.29, 1.82) is 0 Å². The molecule has 0 aromatic heterocycles. The summed E-state index contributed by atoms with van der Waals surface area (Å²) in [4.78, 5) is 2.17. The number of hydrogen-bond acceptors (Lipinski definition) is 2. The van der Waals surface area contributed by atoms with Gasteiger partial charge in [0.15, 0.2) is 0 Å². The minimum Gasteiger partial charge on any atom is -0.396 e. The van der Waals surface area contributed by atoms with Crippen LogP contribution in [0.1, 0.15) is 11.5 Å². The normalized spacial score (nSPS) is 15.5. The minimum absolute atomic E-state index is 0.207. The Balaban J connectivity index is 1.70. The summed E-state index contributed by atoms with van der Waals surface area (Å²) in [7, 11) is 0. The van der Waals surface area contributed by atoms with Crippen LogP contribution >= 0.6 is 0 Å². The van der Waals surface area contributed by atoms with Gasteiger partial charge in [-0.2, -0.15) is 0 Å². The van der Waals surface area contributed by atoms with Gasteiger partial charge in [-0.1, -0.05) is 30.3 Å². The van der Waals surface area contributed by atoms with Crippen molar-refractivity contribution in [3.05, 3.63) is 59.9 Å². The molecule has 3 rings (SSSR count). The molecule has 2 aromatic carbocycles. The molecule has 0 bridgehead atoms. The Bertz CT molecular complexity index is 548. The summed E-state index contributed by atoms with van der Waals surface area (Å²) in [5.41, 5.74) is 7.94. The van der Waals surface area contributed by atoms with E-state index >= 15 is 0 Å². The lowest BCUT2D eigenvalue weighted by atomic mass is 9.91. The third-order valence-corrected chi connectivity index (χ3v) is 3.50. The summed E-state index contributed by atoms with van der Waals surface area (Å²) in [6.45, 7) is 1.88. The fraction of sp³-hybridized carbons (Fsp3) is 0.200. The van der Waals surface area contributed by atoms with Gasteiger partial charge in [-0.3, -0.25) is 0 Å². The Morgan fingerprint density at radius 2 is 1.78 bits per heavy atom. The molecule has 0 atom stereocenters. The van der Waals surface area contributed by atoms with Gasteiger partial charge in [0.1, 0.15) is 5.82 Å². The quantitative estimate of drug-likeness (QED) is 0.820. The Morgan fingerprint density at radius 1 is 1.06 bits per heavy atom. The van der Waals surface area contributed by atoms with E-state index < -0.39 is 0 Å². The van der Waals surface area contributed by atoms with Gasteiger partial charge in [0.05, 0.1) is 5.69 Å². The third kappa shape index (κ3) is 1.92. The van der Waals surface area contributed by atoms with E-state index in [1.807, 2.05) is 12.1 Å². The van der Waals surface area contributed by atoms with E-state index in [1.165, 1.54) is 11.6 Å².